The topological polar surface area (TPSA) is 145 Å². The zero-order valence-corrected chi connectivity index (χ0v) is 24.1. The third-order valence-corrected chi connectivity index (χ3v) is 8.20. The van der Waals surface area contributed by atoms with Crippen LogP contribution in [0.15, 0.2) is 61.2 Å². The van der Waals surface area contributed by atoms with Gasteiger partial charge in [0.05, 0.1) is 34.7 Å². The number of benzene rings is 1. The Hall–Kier alpha value is -4.59. The van der Waals surface area contributed by atoms with Crippen LogP contribution in [0.3, 0.4) is 0 Å². The molecule has 13 heteroatoms. The van der Waals surface area contributed by atoms with Gasteiger partial charge in [0, 0.05) is 42.8 Å². The summed E-state index contributed by atoms with van der Waals surface area (Å²) in [7, 11) is -3.44. The minimum Gasteiger partial charge on any atom is -0.335 e. The summed E-state index contributed by atoms with van der Waals surface area (Å²) in [5.74, 6) is -0.0130. The average molecular weight is 598 g/mol. The molecular formula is C30H28FN9O2S. The second kappa shape index (κ2) is 10.9. The molecule has 1 saturated heterocycles. The summed E-state index contributed by atoms with van der Waals surface area (Å²) in [5, 5.41) is 7.55. The Morgan fingerprint density at radius 3 is 2.56 bits per heavy atom. The van der Waals surface area contributed by atoms with Crippen molar-refractivity contribution in [3.8, 4) is 33.9 Å². The quantitative estimate of drug-likeness (QED) is 0.234. The fourth-order valence-corrected chi connectivity index (χ4v) is 5.95. The first-order valence-corrected chi connectivity index (χ1v) is 15.8. The number of nitrogens with one attached hydrogen (secondary N) is 3. The van der Waals surface area contributed by atoms with Crippen molar-refractivity contribution >= 4 is 32.1 Å². The van der Waals surface area contributed by atoms with Crippen LogP contribution in [0.2, 0.25) is 0 Å². The minimum absolute atomic E-state index is 0.0389. The second-order valence-corrected chi connectivity index (χ2v) is 12.7. The Balaban J connectivity index is 1.24. The number of fused-ring (bicyclic) bond motifs is 2. The molecule has 1 fully saturated rings. The van der Waals surface area contributed by atoms with E-state index in [1.165, 1.54) is 25.0 Å². The summed E-state index contributed by atoms with van der Waals surface area (Å²) in [4.78, 5) is 24.3. The van der Waals surface area contributed by atoms with Crippen LogP contribution in [-0.2, 0) is 23.1 Å². The first kappa shape index (κ1) is 27.3. The number of aromatic nitrogens is 7. The van der Waals surface area contributed by atoms with Gasteiger partial charge in [-0.15, -0.1) is 0 Å². The van der Waals surface area contributed by atoms with Gasteiger partial charge < -0.3 is 4.98 Å². The third-order valence-electron chi connectivity index (χ3n) is 7.53. The van der Waals surface area contributed by atoms with Gasteiger partial charge in [0.25, 0.3) is 0 Å². The smallest absolute Gasteiger partial charge is 0.209 e. The lowest BCUT2D eigenvalue weighted by molar-refractivity contribution is 0.331. The highest BCUT2D eigenvalue weighted by atomic mass is 32.2. The van der Waals surface area contributed by atoms with E-state index in [0.717, 1.165) is 48.2 Å². The van der Waals surface area contributed by atoms with E-state index in [1.54, 1.807) is 18.5 Å². The summed E-state index contributed by atoms with van der Waals surface area (Å²) in [6, 6.07) is 10.4. The number of hydrogen-bond acceptors (Lipinski definition) is 8. The number of aromatic amines is 2. The molecule has 0 saturated carbocycles. The molecular weight excluding hydrogens is 569 g/mol. The van der Waals surface area contributed by atoms with Gasteiger partial charge in [0.15, 0.2) is 11.5 Å². The van der Waals surface area contributed by atoms with Crippen LogP contribution in [0.25, 0.3) is 56.0 Å². The largest absolute Gasteiger partial charge is 0.335 e. The number of hydrogen-bond donors (Lipinski definition) is 3. The van der Waals surface area contributed by atoms with Crippen LogP contribution in [0.1, 0.15) is 24.0 Å². The van der Waals surface area contributed by atoms with E-state index >= 15 is 0 Å². The lowest BCUT2D eigenvalue weighted by Crippen LogP contribution is -2.21. The maximum Gasteiger partial charge on any atom is 0.209 e. The predicted octanol–water partition coefficient (Wildman–Crippen LogP) is 4.41. The molecule has 0 unspecified atom stereocenters. The van der Waals surface area contributed by atoms with Crippen LogP contribution >= 0.6 is 0 Å². The summed E-state index contributed by atoms with van der Waals surface area (Å²) >= 11 is 0. The van der Waals surface area contributed by atoms with Crippen molar-refractivity contribution < 1.29 is 12.8 Å². The molecule has 1 aromatic carbocycles. The third kappa shape index (κ3) is 5.74. The number of H-pyrrole nitrogens is 2. The highest BCUT2D eigenvalue weighted by Gasteiger charge is 2.18. The van der Waals surface area contributed by atoms with E-state index in [1.807, 2.05) is 24.5 Å². The maximum atomic E-state index is 14.6. The van der Waals surface area contributed by atoms with Crippen molar-refractivity contribution in [2.75, 3.05) is 19.3 Å². The molecule has 3 N–H and O–H groups in total. The van der Waals surface area contributed by atoms with Crippen molar-refractivity contribution in [1.82, 2.24) is 44.7 Å². The van der Waals surface area contributed by atoms with Gasteiger partial charge in [0.2, 0.25) is 10.0 Å². The van der Waals surface area contributed by atoms with Gasteiger partial charge in [-0.25, -0.2) is 27.5 Å². The molecule has 5 aromatic heterocycles. The van der Waals surface area contributed by atoms with Crippen LogP contribution in [-0.4, -0.2) is 67.8 Å². The number of nitrogens with zero attached hydrogens (tertiary/aromatic N) is 6. The molecule has 0 radical (unpaired) electrons. The van der Waals surface area contributed by atoms with Gasteiger partial charge >= 0.3 is 0 Å². The highest BCUT2D eigenvalue weighted by Crippen LogP contribution is 2.32. The zero-order valence-electron chi connectivity index (χ0n) is 23.3. The second-order valence-electron chi connectivity index (χ2n) is 10.8. The first-order valence-electron chi connectivity index (χ1n) is 13.9. The minimum atomic E-state index is -3.44. The van der Waals surface area contributed by atoms with Gasteiger partial charge in [-0.05, 0) is 79.0 Å². The number of rotatable bonds is 8. The van der Waals surface area contributed by atoms with Crippen LogP contribution < -0.4 is 4.72 Å². The predicted molar refractivity (Wildman–Crippen MR) is 162 cm³/mol. The highest BCUT2D eigenvalue weighted by molar-refractivity contribution is 7.88. The summed E-state index contributed by atoms with van der Waals surface area (Å²) < 4.78 is 40.1. The van der Waals surface area contributed by atoms with E-state index in [4.69, 9.17) is 9.97 Å². The number of sulfonamides is 1. The van der Waals surface area contributed by atoms with Crippen LogP contribution in [0.5, 0.6) is 0 Å². The summed E-state index contributed by atoms with van der Waals surface area (Å²) in [5.41, 5.74) is 7.60. The Bertz CT molecular complexity index is 2080. The Kier molecular flexibility index (Phi) is 6.92. The zero-order chi connectivity index (χ0) is 29.6. The Morgan fingerprint density at radius 2 is 1.72 bits per heavy atom. The number of imidazole rings is 1. The molecule has 6 aromatic rings. The van der Waals surface area contributed by atoms with Crippen molar-refractivity contribution in [1.29, 1.82) is 0 Å². The summed E-state index contributed by atoms with van der Waals surface area (Å²) in [6.07, 6.45) is 10.5. The Morgan fingerprint density at radius 1 is 0.907 bits per heavy atom. The van der Waals surface area contributed by atoms with Crippen molar-refractivity contribution in [2.45, 2.75) is 25.9 Å². The molecule has 0 aliphatic carbocycles. The molecule has 0 atom stereocenters. The molecule has 6 heterocycles. The van der Waals surface area contributed by atoms with E-state index < -0.39 is 15.8 Å². The summed E-state index contributed by atoms with van der Waals surface area (Å²) in [6.45, 7) is 3.06. The number of pyridine rings is 3. The van der Waals surface area contributed by atoms with Gasteiger partial charge in [-0.1, -0.05) is 0 Å². The molecule has 0 bridgehead atoms. The fraction of sp³-hybridized carbons (Fsp3) is 0.233. The Labute approximate surface area is 246 Å². The van der Waals surface area contributed by atoms with Crippen LogP contribution in [0.4, 0.5) is 4.39 Å². The van der Waals surface area contributed by atoms with E-state index in [-0.39, 0.29) is 6.54 Å². The molecule has 0 amide bonds. The lowest BCUT2D eigenvalue weighted by Gasteiger charge is -2.14. The molecule has 1 aliphatic heterocycles. The standard InChI is InChI=1S/C30H28FN9O2S/c1-43(41,42)34-13-18-8-20(11-22(31)10-18)23-15-33-16-26-27(23)37-30(36-26)29-28-25(38-39-29)5-4-24(35-28)21-9-19(12-32-14-21)17-40-6-2-3-7-40/h4-5,8-12,14-16,34H,2-3,6-7,13,17H2,1H3,(H,36,37)(H,38,39). The molecule has 1 aliphatic rings. The number of likely N-dealkylation sites (tertiary alicyclic amines) is 1. The number of halogens is 1. The van der Waals surface area contributed by atoms with Crippen molar-refractivity contribution in [3.63, 3.8) is 0 Å². The van der Waals surface area contributed by atoms with Crippen molar-refractivity contribution in [3.05, 3.63) is 78.1 Å². The molecule has 218 valence electrons. The maximum absolute atomic E-state index is 14.6. The fourth-order valence-electron chi connectivity index (χ4n) is 5.52. The molecule has 0 spiro atoms. The van der Waals surface area contributed by atoms with E-state index in [2.05, 4.69) is 40.8 Å². The van der Waals surface area contributed by atoms with Gasteiger partial charge in [-0.3, -0.25) is 20.0 Å². The van der Waals surface area contributed by atoms with Gasteiger partial charge in [0.1, 0.15) is 11.3 Å². The lowest BCUT2D eigenvalue weighted by atomic mass is 10.0. The van der Waals surface area contributed by atoms with Crippen LogP contribution in [0, 0.1) is 5.82 Å². The average Bonchev–Trinajstić information content (AvgIpc) is 3.75. The first-order chi connectivity index (χ1) is 20.8. The van der Waals surface area contributed by atoms with Gasteiger partial charge in [-0.2, -0.15) is 5.10 Å². The molecule has 43 heavy (non-hydrogen) atoms. The van der Waals surface area contributed by atoms with Crippen molar-refractivity contribution in [2.24, 2.45) is 0 Å². The normalized spacial score (nSPS) is 14.3. The van der Waals surface area contributed by atoms with E-state index in [9.17, 15) is 12.8 Å². The molecule has 7 rings (SSSR count). The SMILES string of the molecule is CS(=O)(=O)NCc1cc(F)cc(-c2cncc3[nH]c(-c4n[nH]c5ccc(-c6cncc(CN7CCCC7)c6)nc45)nc23)c1. The molecule has 11 nitrogen and oxygen atoms in total. The monoisotopic (exact) mass is 597 g/mol. The van der Waals surface area contributed by atoms with E-state index in [0.29, 0.717) is 44.8 Å².